The molecule has 4 heterocycles. The van der Waals surface area contributed by atoms with Gasteiger partial charge in [-0.2, -0.15) is 0 Å². The average Bonchev–Trinajstić information content (AvgIpc) is 3.76. The van der Waals surface area contributed by atoms with Crippen molar-refractivity contribution >= 4 is 82.3 Å². The van der Waals surface area contributed by atoms with Crippen LogP contribution in [0.5, 0.6) is 0 Å². The summed E-state index contributed by atoms with van der Waals surface area (Å²) in [6, 6.07) is 0. The molecule has 76 heavy (non-hydrogen) atoms. The Balaban J connectivity index is 1.83. The Morgan fingerprint density at radius 1 is 0.461 bits per heavy atom. The zero-order valence-electron chi connectivity index (χ0n) is 43.4. The van der Waals surface area contributed by atoms with Gasteiger partial charge < -0.3 is 75.8 Å². The predicted octanol–water partition coefficient (Wildman–Crippen LogP) is 0.209. The fourth-order valence-electron chi connectivity index (χ4n) is 8.13. The van der Waals surface area contributed by atoms with Gasteiger partial charge in [0.2, 0.25) is 0 Å². The molecule has 29 nitrogen and oxygen atoms in total. The Hall–Kier alpha value is -5.67. The highest BCUT2D eigenvalue weighted by atomic mass is 127. The summed E-state index contributed by atoms with van der Waals surface area (Å²) >= 11 is 2.27. The first-order chi connectivity index (χ1) is 35.9. The standard InChI is InChI=1S/C46H64IN3O26/c1-21(51)62-18-32-35(65-24(4)54)38(66-25(5)55)42(70-29(9)59)45(73-32)76-37-34(20-64-23(3)53)74-46(43(71-30(10)60)40(37)68-27(7)57)75-36-33(19-63-22(2)52)72-44(41(69-28(8)58)39(36)67-26(6)56)61-16-12-15-50-17-31(48-49-50)13-11-14-47/h17,32-46H,11-16,18-20H2,1-10H3. The predicted molar refractivity (Wildman–Crippen MR) is 252 cm³/mol. The molecule has 0 aliphatic carbocycles. The van der Waals surface area contributed by atoms with Gasteiger partial charge in [-0.3, -0.25) is 52.6 Å². The molecule has 30 heteroatoms. The topological polar surface area (TPSA) is 349 Å². The molecule has 0 amide bonds. The minimum atomic E-state index is -2.02. The molecule has 3 aliphatic heterocycles. The number of carbonyl (C=O) groups excluding carboxylic acids is 10. The van der Waals surface area contributed by atoms with Gasteiger partial charge in [-0.15, -0.1) is 5.10 Å². The van der Waals surface area contributed by atoms with Crippen LogP contribution in [0.25, 0.3) is 0 Å². The molecular formula is C46H64IN3O26. The number of carbonyl (C=O) groups is 10. The lowest BCUT2D eigenvalue weighted by atomic mass is 9.95. The smallest absolute Gasteiger partial charge is 0.303 e. The maximum atomic E-state index is 13.1. The van der Waals surface area contributed by atoms with Crippen LogP contribution < -0.4 is 0 Å². The minimum Gasteiger partial charge on any atom is -0.463 e. The van der Waals surface area contributed by atoms with Gasteiger partial charge in [0, 0.05) is 82.0 Å². The first-order valence-corrected chi connectivity index (χ1v) is 25.3. The van der Waals surface area contributed by atoms with Gasteiger partial charge in [0.25, 0.3) is 0 Å². The molecule has 15 unspecified atom stereocenters. The van der Waals surface area contributed by atoms with Crippen molar-refractivity contribution in [2.75, 3.05) is 30.9 Å². The second kappa shape index (κ2) is 30.3. The number of aromatic nitrogens is 3. The van der Waals surface area contributed by atoms with Crippen molar-refractivity contribution in [3.8, 4) is 0 Å². The number of esters is 10. The molecule has 1 aromatic heterocycles. The Bertz CT molecular complexity index is 2190. The van der Waals surface area contributed by atoms with Gasteiger partial charge in [0.05, 0.1) is 12.3 Å². The van der Waals surface area contributed by atoms with E-state index in [2.05, 4.69) is 32.9 Å². The average molecular weight is 1200 g/mol. The van der Waals surface area contributed by atoms with E-state index in [1.54, 1.807) is 10.9 Å². The Morgan fingerprint density at radius 2 is 0.803 bits per heavy atom. The molecule has 0 spiro atoms. The van der Waals surface area contributed by atoms with E-state index >= 15 is 0 Å². The van der Waals surface area contributed by atoms with Crippen LogP contribution >= 0.6 is 22.6 Å². The molecule has 15 atom stereocenters. The van der Waals surface area contributed by atoms with Gasteiger partial charge in [-0.1, -0.05) is 27.8 Å². The molecule has 3 fully saturated rings. The third-order valence-corrected chi connectivity index (χ3v) is 11.6. The summed E-state index contributed by atoms with van der Waals surface area (Å²) < 4.78 is 95.8. The number of halogens is 1. The van der Waals surface area contributed by atoms with E-state index in [4.69, 9.17) is 75.8 Å². The van der Waals surface area contributed by atoms with E-state index in [9.17, 15) is 47.9 Å². The summed E-state index contributed by atoms with van der Waals surface area (Å²) in [5, 5.41) is 8.31. The second-order valence-electron chi connectivity index (χ2n) is 17.2. The molecule has 0 N–H and O–H groups in total. The van der Waals surface area contributed by atoms with Crippen LogP contribution in [0.4, 0.5) is 0 Å². The molecule has 0 saturated carbocycles. The van der Waals surface area contributed by atoms with Gasteiger partial charge in [-0.05, 0) is 23.7 Å². The SMILES string of the molecule is CC(=O)OCC1OC(OC2C(COC(C)=O)OC(OC3C(COC(C)=O)OC(OCCCn4cc(CCCI)nn4)C(OC(C)=O)C3OC(C)=O)C(OC(C)=O)C2OC(C)=O)C(OC(C)=O)C(OC(C)=O)C1OC(C)=O. The van der Waals surface area contributed by atoms with Gasteiger partial charge >= 0.3 is 59.7 Å². The number of nitrogens with zero attached hydrogens (tertiary/aromatic N) is 3. The number of rotatable bonds is 25. The van der Waals surface area contributed by atoms with Crippen LogP contribution in [-0.4, -0.2) is 198 Å². The van der Waals surface area contributed by atoms with Crippen molar-refractivity contribution in [3.05, 3.63) is 11.9 Å². The van der Waals surface area contributed by atoms with E-state index in [1.165, 1.54) is 0 Å². The largest absolute Gasteiger partial charge is 0.463 e. The van der Waals surface area contributed by atoms with E-state index in [0.717, 1.165) is 92.2 Å². The van der Waals surface area contributed by atoms with Crippen molar-refractivity contribution in [2.24, 2.45) is 0 Å². The first kappa shape index (κ1) is 62.9. The summed E-state index contributed by atoms with van der Waals surface area (Å²) in [6.45, 7) is 8.31. The van der Waals surface area contributed by atoms with Gasteiger partial charge in [0.15, 0.2) is 61.6 Å². The van der Waals surface area contributed by atoms with Crippen molar-refractivity contribution in [2.45, 2.75) is 187 Å². The van der Waals surface area contributed by atoms with E-state index < -0.39 is 172 Å². The van der Waals surface area contributed by atoms with Crippen LogP contribution in [0.3, 0.4) is 0 Å². The summed E-state index contributed by atoms with van der Waals surface area (Å²) in [6.07, 6.45) is -22.7. The van der Waals surface area contributed by atoms with Crippen LogP contribution in [0.2, 0.25) is 0 Å². The van der Waals surface area contributed by atoms with Crippen LogP contribution in [0.15, 0.2) is 6.20 Å². The first-order valence-electron chi connectivity index (χ1n) is 23.8. The van der Waals surface area contributed by atoms with Crippen molar-refractivity contribution in [1.29, 1.82) is 0 Å². The summed E-state index contributed by atoms with van der Waals surface area (Å²) in [4.78, 5) is 127. The molecule has 0 bridgehead atoms. The highest BCUT2D eigenvalue weighted by molar-refractivity contribution is 14.1. The van der Waals surface area contributed by atoms with Gasteiger partial charge in [-0.25, -0.2) is 0 Å². The molecule has 4 rings (SSSR count). The molecule has 0 aromatic carbocycles. The molecule has 426 valence electrons. The summed E-state index contributed by atoms with van der Waals surface area (Å²) in [5.41, 5.74) is 0.798. The Kier molecular flexibility index (Phi) is 25.1. The lowest BCUT2D eigenvalue weighted by Gasteiger charge is -2.50. The molecular weight excluding hydrogens is 1140 g/mol. The Morgan fingerprint density at radius 3 is 1.18 bits per heavy atom. The number of hydrogen-bond acceptors (Lipinski definition) is 28. The fourth-order valence-corrected chi connectivity index (χ4v) is 8.51. The molecule has 3 saturated heterocycles. The molecule has 3 aliphatic rings. The van der Waals surface area contributed by atoms with Crippen LogP contribution in [0, 0.1) is 0 Å². The number of hydrogen-bond donors (Lipinski definition) is 0. The van der Waals surface area contributed by atoms with Gasteiger partial charge in [0.1, 0.15) is 50.3 Å². The lowest BCUT2D eigenvalue weighted by molar-refractivity contribution is -0.380. The monoisotopic (exact) mass is 1200 g/mol. The lowest BCUT2D eigenvalue weighted by Crippen LogP contribution is -2.69. The number of aryl methyl sites for hydroxylation is 2. The third-order valence-electron chi connectivity index (χ3n) is 10.8. The van der Waals surface area contributed by atoms with Crippen molar-refractivity contribution in [1.82, 2.24) is 15.0 Å². The highest BCUT2D eigenvalue weighted by Crippen LogP contribution is 2.38. The zero-order valence-corrected chi connectivity index (χ0v) is 45.6. The summed E-state index contributed by atoms with van der Waals surface area (Å²) in [5.74, 6) is -9.39. The highest BCUT2D eigenvalue weighted by Gasteiger charge is 2.60. The van der Waals surface area contributed by atoms with Crippen molar-refractivity contribution < 1.29 is 124 Å². The van der Waals surface area contributed by atoms with E-state index in [0.29, 0.717) is 13.0 Å². The van der Waals surface area contributed by atoms with Crippen molar-refractivity contribution in [3.63, 3.8) is 0 Å². The van der Waals surface area contributed by atoms with E-state index in [-0.39, 0.29) is 6.61 Å². The maximum Gasteiger partial charge on any atom is 0.303 e. The maximum absolute atomic E-state index is 13.1. The quantitative estimate of drug-likeness (QED) is 0.0415. The molecule has 1 aromatic rings. The number of alkyl halides is 1. The second-order valence-corrected chi connectivity index (χ2v) is 18.3. The summed E-state index contributed by atoms with van der Waals surface area (Å²) in [7, 11) is 0. The third kappa shape index (κ3) is 19.7. The fraction of sp³-hybridized carbons (Fsp3) is 0.739. The van der Waals surface area contributed by atoms with E-state index in [1.807, 2.05) is 0 Å². The Labute approximate surface area is 449 Å². The zero-order chi connectivity index (χ0) is 56.4. The van der Waals surface area contributed by atoms with Crippen LogP contribution in [-0.2, 0) is 137 Å². The minimum absolute atomic E-state index is 0.0624. The number of ether oxygens (including phenoxy) is 16. The van der Waals surface area contributed by atoms with Crippen LogP contribution in [0.1, 0.15) is 87.8 Å². The normalized spacial score (nSPS) is 29.1. The molecule has 0 radical (unpaired) electrons.